The van der Waals surface area contributed by atoms with Gasteiger partial charge in [-0.05, 0) is 31.9 Å². The largest absolute Gasteiger partial charge is 0.464 e. The molecule has 1 atom stereocenters. The molecule has 162 valence electrons. The van der Waals surface area contributed by atoms with Crippen LogP contribution in [0.4, 0.5) is 21.0 Å². The molecule has 1 aromatic rings. The summed E-state index contributed by atoms with van der Waals surface area (Å²) in [7, 11) is 0. The number of piperidine rings is 1. The molecule has 2 heterocycles. The first-order valence-electron chi connectivity index (χ1n) is 9.43. The van der Waals surface area contributed by atoms with Gasteiger partial charge in [0.1, 0.15) is 11.6 Å². The molecule has 2 aliphatic heterocycles. The van der Waals surface area contributed by atoms with Gasteiger partial charge < -0.3 is 19.7 Å². The van der Waals surface area contributed by atoms with Crippen LogP contribution in [0.1, 0.15) is 19.8 Å². The van der Waals surface area contributed by atoms with Crippen molar-refractivity contribution in [1.29, 1.82) is 0 Å². The fourth-order valence-corrected chi connectivity index (χ4v) is 3.72. The van der Waals surface area contributed by atoms with Crippen LogP contribution in [0.2, 0.25) is 5.02 Å². The maximum Gasteiger partial charge on any atom is 0.410 e. The van der Waals surface area contributed by atoms with Crippen LogP contribution < -0.4 is 5.32 Å². The summed E-state index contributed by atoms with van der Waals surface area (Å²) in [6.07, 6.45) is 0.350. The smallest absolute Gasteiger partial charge is 0.410 e. The molecular formula is C18H21ClN4O7. The Morgan fingerprint density at radius 1 is 1.37 bits per heavy atom. The SMILES string of the molecule is CCOC(=O)C1COC(=O)N1C1CCN(C(=O)Nc2ccc(Cl)c([N+](=O)[O-])c2)CC1. The molecule has 1 unspecified atom stereocenters. The van der Waals surface area contributed by atoms with Gasteiger partial charge >= 0.3 is 18.1 Å². The number of carbonyl (C=O) groups excluding carboxylic acids is 3. The third-order valence-corrected chi connectivity index (χ3v) is 5.33. The third kappa shape index (κ3) is 4.56. The lowest BCUT2D eigenvalue weighted by Crippen LogP contribution is -2.52. The van der Waals surface area contributed by atoms with Crippen molar-refractivity contribution in [1.82, 2.24) is 9.80 Å². The van der Waals surface area contributed by atoms with Crippen LogP contribution in [0, 0.1) is 10.1 Å². The number of rotatable bonds is 5. The molecule has 30 heavy (non-hydrogen) atoms. The lowest BCUT2D eigenvalue weighted by Gasteiger charge is -2.37. The predicted octanol–water partition coefficient (Wildman–Crippen LogP) is 2.63. The average Bonchev–Trinajstić information content (AvgIpc) is 3.11. The minimum Gasteiger partial charge on any atom is -0.464 e. The number of halogens is 1. The molecule has 3 amide bonds. The molecule has 3 rings (SSSR count). The molecule has 0 saturated carbocycles. The first-order chi connectivity index (χ1) is 14.3. The number of anilines is 1. The minimum absolute atomic E-state index is 0.0209. The number of carbonyl (C=O) groups is 3. The van der Waals surface area contributed by atoms with Gasteiger partial charge in [-0.1, -0.05) is 11.6 Å². The normalized spacial score (nSPS) is 19.4. The summed E-state index contributed by atoms with van der Waals surface area (Å²) < 4.78 is 10.0. The highest BCUT2D eigenvalue weighted by atomic mass is 35.5. The molecule has 0 spiro atoms. The number of nitro benzene ring substituents is 1. The quantitative estimate of drug-likeness (QED) is 0.423. The van der Waals surface area contributed by atoms with Crippen molar-refractivity contribution in [3.05, 3.63) is 33.3 Å². The van der Waals surface area contributed by atoms with Crippen molar-refractivity contribution in [2.45, 2.75) is 31.8 Å². The van der Waals surface area contributed by atoms with Crippen molar-refractivity contribution >= 4 is 41.1 Å². The van der Waals surface area contributed by atoms with Crippen molar-refractivity contribution in [3.63, 3.8) is 0 Å². The number of amides is 3. The fourth-order valence-electron chi connectivity index (χ4n) is 3.54. The molecule has 0 aromatic heterocycles. The second kappa shape index (κ2) is 9.16. The number of hydrogen-bond acceptors (Lipinski definition) is 7. The molecule has 1 aromatic carbocycles. The summed E-state index contributed by atoms with van der Waals surface area (Å²) in [5.41, 5.74) is -0.0468. The van der Waals surface area contributed by atoms with E-state index in [1.165, 1.54) is 28.0 Å². The molecule has 2 fully saturated rings. The van der Waals surface area contributed by atoms with Crippen molar-refractivity contribution in [2.24, 2.45) is 0 Å². The molecule has 0 radical (unpaired) electrons. The van der Waals surface area contributed by atoms with E-state index in [2.05, 4.69) is 5.32 Å². The Labute approximate surface area is 177 Å². The van der Waals surface area contributed by atoms with Crippen molar-refractivity contribution in [2.75, 3.05) is 31.6 Å². The van der Waals surface area contributed by atoms with Gasteiger partial charge in [0.05, 0.1) is 11.5 Å². The van der Waals surface area contributed by atoms with Gasteiger partial charge in [0.15, 0.2) is 6.04 Å². The monoisotopic (exact) mass is 440 g/mol. The van der Waals surface area contributed by atoms with Gasteiger partial charge in [-0.2, -0.15) is 0 Å². The van der Waals surface area contributed by atoms with Crippen LogP contribution in [0.3, 0.4) is 0 Å². The van der Waals surface area contributed by atoms with Gasteiger partial charge in [-0.3, -0.25) is 15.0 Å². The Morgan fingerprint density at radius 2 is 2.07 bits per heavy atom. The summed E-state index contributed by atoms with van der Waals surface area (Å²) in [5, 5.41) is 13.6. The zero-order valence-corrected chi connectivity index (χ0v) is 17.0. The van der Waals surface area contributed by atoms with E-state index in [0.29, 0.717) is 25.9 Å². The molecule has 1 N–H and O–H groups in total. The zero-order valence-electron chi connectivity index (χ0n) is 16.2. The van der Waals surface area contributed by atoms with E-state index in [0.717, 1.165) is 0 Å². The first kappa shape index (κ1) is 21.6. The van der Waals surface area contributed by atoms with E-state index in [4.69, 9.17) is 21.1 Å². The lowest BCUT2D eigenvalue weighted by atomic mass is 10.0. The fraction of sp³-hybridized carbons (Fsp3) is 0.500. The van der Waals surface area contributed by atoms with Crippen LogP contribution in [-0.2, 0) is 14.3 Å². The highest BCUT2D eigenvalue weighted by Crippen LogP contribution is 2.28. The van der Waals surface area contributed by atoms with Gasteiger partial charge in [0.2, 0.25) is 0 Å². The van der Waals surface area contributed by atoms with E-state index in [-0.39, 0.29) is 35.7 Å². The van der Waals surface area contributed by atoms with E-state index in [1.54, 1.807) is 6.92 Å². The first-order valence-corrected chi connectivity index (χ1v) is 9.81. The number of esters is 1. The van der Waals surface area contributed by atoms with Crippen LogP contribution in [0.5, 0.6) is 0 Å². The van der Waals surface area contributed by atoms with Crippen LogP contribution in [0.25, 0.3) is 0 Å². The number of hydrogen-bond donors (Lipinski definition) is 1. The summed E-state index contributed by atoms with van der Waals surface area (Å²) in [5.74, 6) is -0.507. The predicted molar refractivity (Wildman–Crippen MR) is 105 cm³/mol. The second-order valence-electron chi connectivity index (χ2n) is 6.82. The number of benzene rings is 1. The number of nitro groups is 1. The Morgan fingerprint density at radius 3 is 2.70 bits per heavy atom. The number of likely N-dealkylation sites (tertiary alicyclic amines) is 1. The summed E-state index contributed by atoms with van der Waals surface area (Å²) in [4.78, 5) is 50.0. The standard InChI is InChI=1S/C18H21ClN4O7/c1-2-29-16(24)15-10-30-18(26)22(15)12-5-7-21(8-6-12)17(25)20-11-3-4-13(19)14(9-11)23(27)28/h3-4,9,12,15H,2,5-8,10H2,1H3,(H,20,25). The zero-order chi connectivity index (χ0) is 21.8. The minimum atomic E-state index is -0.780. The molecule has 0 aliphatic carbocycles. The van der Waals surface area contributed by atoms with Gasteiger partial charge in [-0.15, -0.1) is 0 Å². The van der Waals surface area contributed by atoms with Crippen LogP contribution >= 0.6 is 11.6 Å². The Kier molecular flexibility index (Phi) is 6.60. The highest BCUT2D eigenvalue weighted by Gasteiger charge is 2.44. The van der Waals surface area contributed by atoms with Gasteiger partial charge in [0, 0.05) is 30.9 Å². The topological polar surface area (TPSA) is 131 Å². The van der Waals surface area contributed by atoms with Crippen molar-refractivity contribution < 1.29 is 28.8 Å². The van der Waals surface area contributed by atoms with Crippen LogP contribution in [0.15, 0.2) is 18.2 Å². The van der Waals surface area contributed by atoms with E-state index < -0.39 is 29.1 Å². The van der Waals surface area contributed by atoms with E-state index >= 15 is 0 Å². The maximum absolute atomic E-state index is 12.5. The van der Waals surface area contributed by atoms with Crippen molar-refractivity contribution in [3.8, 4) is 0 Å². The number of cyclic esters (lactones) is 1. The highest BCUT2D eigenvalue weighted by molar-refractivity contribution is 6.32. The summed E-state index contributed by atoms with van der Waals surface area (Å²) in [6, 6.07) is 2.56. The summed E-state index contributed by atoms with van der Waals surface area (Å²) >= 11 is 5.78. The Hall–Kier alpha value is -3.08. The Balaban J connectivity index is 1.59. The Bertz CT molecular complexity index is 857. The number of urea groups is 1. The van der Waals surface area contributed by atoms with Crippen LogP contribution in [-0.4, -0.2) is 71.2 Å². The second-order valence-corrected chi connectivity index (χ2v) is 7.23. The number of nitrogens with zero attached hydrogens (tertiary/aromatic N) is 3. The molecule has 12 heteroatoms. The molecule has 2 aliphatic rings. The van der Waals surface area contributed by atoms with Gasteiger partial charge in [-0.25, -0.2) is 14.4 Å². The van der Waals surface area contributed by atoms with E-state index in [9.17, 15) is 24.5 Å². The van der Waals surface area contributed by atoms with E-state index in [1.807, 2.05) is 0 Å². The number of nitrogens with one attached hydrogen (secondary N) is 1. The average molecular weight is 441 g/mol. The maximum atomic E-state index is 12.5. The molecule has 2 saturated heterocycles. The van der Waals surface area contributed by atoms with Gasteiger partial charge in [0.25, 0.3) is 5.69 Å². The third-order valence-electron chi connectivity index (χ3n) is 5.01. The summed E-state index contributed by atoms with van der Waals surface area (Å²) in [6.45, 7) is 2.52. The molecule has 0 bridgehead atoms. The molecular weight excluding hydrogens is 420 g/mol. The number of ether oxygens (including phenoxy) is 2. The lowest BCUT2D eigenvalue weighted by molar-refractivity contribution is -0.384. The molecule has 11 nitrogen and oxygen atoms in total.